The number of esters is 4. The lowest BCUT2D eigenvalue weighted by molar-refractivity contribution is -0.168. The van der Waals surface area contributed by atoms with Crippen LogP contribution >= 0.6 is 0 Å². The van der Waals surface area contributed by atoms with E-state index in [0.717, 1.165) is 11.1 Å². The van der Waals surface area contributed by atoms with Gasteiger partial charge in [-0.25, -0.2) is 9.59 Å². The Hall–Kier alpha value is -2.64. The zero-order valence-electron chi connectivity index (χ0n) is 14.6. The second kappa shape index (κ2) is 7.08. The fourth-order valence-corrected chi connectivity index (χ4v) is 3.46. The summed E-state index contributed by atoms with van der Waals surface area (Å²) in [6.07, 6.45) is 0.387. The van der Waals surface area contributed by atoms with Crippen molar-refractivity contribution >= 4 is 23.9 Å². The van der Waals surface area contributed by atoms with Gasteiger partial charge in [0.15, 0.2) is 5.41 Å². The van der Waals surface area contributed by atoms with Gasteiger partial charge in [-0.15, -0.1) is 0 Å². The molecule has 0 N–H and O–H groups in total. The van der Waals surface area contributed by atoms with Crippen LogP contribution in [0.25, 0.3) is 0 Å². The Bertz CT molecular complexity index is 639. The largest absolute Gasteiger partial charge is 0.468 e. The molecule has 0 spiro atoms. The maximum absolute atomic E-state index is 12.3. The SMILES string of the molecule is COC(=O)C1=C(C(=O)OC)CC2=C(C1)CC(C(=O)OC)(C(=O)OC)C2. The van der Waals surface area contributed by atoms with Crippen LogP contribution in [-0.4, -0.2) is 52.3 Å². The van der Waals surface area contributed by atoms with Crippen molar-refractivity contribution in [3.63, 3.8) is 0 Å². The average Bonchev–Trinajstić information content (AvgIpc) is 3.03. The highest BCUT2D eigenvalue weighted by Crippen LogP contribution is 2.50. The van der Waals surface area contributed by atoms with E-state index in [2.05, 4.69) is 0 Å². The number of ether oxygens (including phenoxy) is 4. The molecule has 2 aliphatic carbocycles. The van der Waals surface area contributed by atoms with Crippen molar-refractivity contribution in [1.82, 2.24) is 0 Å². The van der Waals surface area contributed by atoms with Gasteiger partial charge in [-0.3, -0.25) is 9.59 Å². The molecule has 0 aromatic carbocycles. The van der Waals surface area contributed by atoms with Crippen molar-refractivity contribution < 1.29 is 38.1 Å². The number of hydrogen-bond donors (Lipinski definition) is 0. The van der Waals surface area contributed by atoms with Crippen molar-refractivity contribution in [3.05, 3.63) is 22.3 Å². The lowest BCUT2D eigenvalue weighted by atomic mass is 9.83. The van der Waals surface area contributed by atoms with E-state index in [0.29, 0.717) is 0 Å². The maximum atomic E-state index is 12.3. The lowest BCUT2D eigenvalue weighted by Crippen LogP contribution is -2.39. The van der Waals surface area contributed by atoms with Gasteiger partial charge in [0.25, 0.3) is 0 Å². The summed E-state index contributed by atoms with van der Waals surface area (Å²) in [5.41, 5.74) is 0.353. The number of rotatable bonds is 4. The quantitative estimate of drug-likeness (QED) is 0.317. The molecule has 0 aromatic heterocycles. The third-order valence-electron chi connectivity index (χ3n) is 4.69. The molecule has 0 aromatic rings. The number of allylic oxidation sites excluding steroid dienone is 2. The zero-order valence-corrected chi connectivity index (χ0v) is 14.6. The highest BCUT2D eigenvalue weighted by Gasteiger charge is 2.54. The summed E-state index contributed by atoms with van der Waals surface area (Å²) in [7, 11) is 4.83. The summed E-state index contributed by atoms with van der Waals surface area (Å²) in [6.45, 7) is 0. The number of carbonyl (C=O) groups is 4. The van der Waals surface area contributed by atoms with Gasteiger partial charge in [0.1, 0.15) is 0 Å². The van der Waals surface area contributed by atoms with E-state index >= 15 is 0 Å². The van der Waals surface area contributed by atoms with E-state index in [1.165, 1.54) is 28.4 Å². The zero-order chi connectivity index (χ0) is 18.8. The van der Waals surface area contributed by atoms with Crippen molar-refractivity contribution in [2.45, 2.75) is 25.7 Å². The molecule has 136 valence electrons. The Kier molecular flexibility index (Phi) is 5.30. The Morgan fingerprint density at radius 2 is 1.04 bits per heavy atom. The first-order valence-electron chi connectivity index (χ1n) is 7.59. The number of methoxy groups -OCH3 is 4. The molecule has 2 aliphatic rings. The second-order valence-corrected chi connectivity index (χ2v) is 5.92. The molecule has 2 rings (SSSR count). The number of carbonyl (C=O) groups excluding carboxylic acids is 4. The second-order valence-electron chi connectivity index (χ2n) is 5.92. The van der Waals surface area contributed by atoms with Gasteiger partial charge in [0.2, 0.25) is 0 Å². The topological polar surface area (TPSA) is 105 Å². The smallest absolute Gasteiger partial charge is 0.334 e. The molecule has 25 heavy (non-hydrogen) atoms. The van der Waals surface area contributed by atoms with Crippen molar-refractivity contribution in [3.8, 4) is 0 Å². The molecule has 0 aliphatic heterocycles. The predicted molar refractivity (Wildman–Crippen MR) is 83.0 cm³/mol. The highest BCUT2D eigenvalue weighted by molar-refractivity contribution is 6.04. The van der Waals surface area contributed by atoms with Gasteiger partial charge < -0.3 is 18.9 Å². The third-order valence-corrected chi connectivity index (χ3v) is 4.69. The highest BCUT2D eigenvalue weighted by atomic mass is 16.5. The molecule has 8 heteroatoms. The van der Waals surface area contributed by atoms with Gasteiger partial charge in [-0.05, 0) is 12.8 Å². The molecule has 0 bridgehead atoms. The van der Waals surface area contributed by atoms with Crippen molar-refractivity contribution in [2.75, 3.05) is 28.4 Å². The Balaban J connectivity index is 2.39. The summed E-state index contributed by atoms with van der Waals surface area (Å²) in [4.78, 5) is 48.6. The van der Waals surface area contributed by atoms with E-state index in [-0.39, 0.29) is 36.8 Å². The van der Waals surface area contributed by atoms with Gasteiger partial charge in [-0.2, -0.15) is 0 Å². The minimum atomic E-state index is -1.49. The van der Waals surface area contributed by atoms with Gasteiger partial charge in [0.05, 0.1) is 39.6 Å². The van der Waals surface area contributed by atoms with Gasteiger partial charge in [-0.1, -0.05) is 11.1 Å². The van der Waals surface area contributed by atoms with E-state index < -0.39 is 29.3 Å². The average molecular weight is 352 g/mol. The first-order chi connectivity index (χ1) is 11.8. The van der Waals surface area contributed by atoms with Crippen LogP contribution in [0.4, 0.5) is 0 Å². The lowest BCUT2D eigenvalue weighted by Gasteiger charge is -2.23. The van der Waals surface area contributed by atoms with Crippen LogP contribution in [0.5, 0.6) is 0 Å². The molecule has 0 saturated carbocycles. The first kappa shape index (κ1) is 18.7. The van der Waals surface area contributed by atoms with Crippen LogP contribution in [0.15, 0.2) is 22.3 Å². The molecule has 0 fully saturated rings. The Morgan fingerprint density at radius 1 is 0.680 bits per heavy atom. The summed E-state index contributed by atoms with van der Waals surface area (Å²) in [5.74, 6) is -2.68. The van der Waals surface area contributed by atoms with E-state index in [9.17, 15) is 19.2 Å². The van der Waals surface area contributed by atoms with Crippen molar-refractivity contribution in [1.29, 1.82) is 0 Å². The molecule has 0 amide bonds. The first-order valence-corrected chi connectivity index (χ1v) is 7.59. The molecule has 8 nitrogen and oxygen atoms in total. The van der Waals surface area contributed by atoms with Gasteiger partial charge in [0, 0.05) is 12.8 Å². The van der Waals surface area contributed by atoms with Gasteiger partial charge >= 0.3 is 23.9 Å². The normalized spacial score (nSPS) is 18.4. The van der Waals surface area contributed by atoms with E-state index in [1.807, 2.05) is 0 Å². The fraction of sp³-hybridized carbons (Fsp3) is 0.529. The molecule has 0 heterocycles. The third kappa shape index (κ3) is 3.04. The summed E-state index contributed by atoms with van der Waals surface area (Å²) < 4.78 is 19.1. The van der Waals surface area contributed by atoms with E-state index in [4.69, 9.17) is 18.9 Å². The Morgan fingerprint density at radius 3 is 1.32 bits per heavy atom. The Labute approximate surface area is 144 Å². The standard InChI is InChI=1S/C17H20O8/c1-22-13(18)11-5-9-7-17(15(20)24-3,16(21)25-4)8-10(9)6-12(11)14(19)23-2/h5-8H2,1-4H3. The fourth-order valence-electron chi connectivity index (χ4n) is 3.46. The molecule has 0 saturated heterocycles. The molecule has 0 atom stereocenters. The predicted octanol–water partition coefficient (Wildman–Crippen LogP) is 0.846. The van der Waals surface area contributed by atoms with Crippen LogP contribution in [0.2, 0.25) is 0 Å². The van der Waals surface area contributed by atoms with Crippen LogP contribution < -0.4 is 0 Å². The molecular formula is C17H20O8. The minimum absolute atomic E-state index is 0.0800. The molecule has 0 radical (unpaired) electrons. The maximum Gasteiger partial charge on any atom is 0.334 e. The van der Waals surface area contributed by atoms with Crippen molar-refractivity contribution in [2.24, 2.45) is 5.41 Å². The van der Waals surface area contributed by atoms with E-state index in [1.54, 1.807) is 0 Å². The number of hydrogen-bond acceptors (Lipinski definition) is 8. The molecule has 0 unspecified atom stereocenters. The summed E-state index contributed by atoms with van der Waals surface area (Å²) in [6, 6.07) is 0. The summed E-state index contributed by atoms with van der Waals surface area (Å²) in [5, 5.41) is 0. The minimum Gasteiger partial charge on any atom is -0.468 e. The molecular weight excluding hydrogens is 332 g/mol. The van der Waals surface area contributed by atoms with Crippen LogP contribution in [-0.2, 0) is 38.1 Å². The van der Waals surface area contributed by atoms with Crippen LogP contribution in [0.1, 0.15) is 25.7 Å². The van der Waals surface area contributed by atoms with Crippen LogP contribution in [0.3, 0.4) is 0 Å². The summed E-state index contributed by atoms with van der Waals surface area (Å²) >= 11 is 0. The van der Waals surface area contributed by atoms with Crippen LogP contribution in [0, 0.1) is 5.41 Å². The monoisotopic (exact) mass is 352 g/mol.